The highest BCUT2D eigenvalue weighted by molar-refractivity contribution is 9.10. The van der Waals surface area contributed by atoms with Gasteiger partial charge in [0.2, 0.25) is 10.7 Å². The molecule has 0 atom stereocenters. The maximum absolute atomic E-state index is 4.16. The molecule has 1 aromatic carbocycles. The Labute approximate surface area is 90.1 Å². The molecule has 72 valence electrons. The number of benzene rings is 1. The topological polar surface area (TPSA) is 42.7 Å². The minimum Gasteiger partial charge on any atom is -0.324 e. The van der Waals surface area contributed by atoms with Gasteiger partial charge in [-0.15, -0.1) is 5.10 Å². The molecular formula is C9H9BrN4. The Morgan fingerprint density at radius 2 is 2.00 bits per heavy atom. The van der Waals surface area contributed by atoms with Crippen molar-refractivity contribution in [3.8, 4) is 0 Å². The van der Waals surface area contributed by atoms with Crippen molar-refractivity contribution in [3.05, 3.63) is 35.1 Å². The molecule has 4 nitrogen and oxygen atoms in total. The van der Waals surface area contributed by atoms with Gasteiger partial charge in [0, 0.05) is 12.7 Å². The molecule has 0 spiro atoms. The predicted molar refractivity (Wildman–Crippen MR) is 58.4 cm³/mol. The average molecular weight is 253 g/mol. The van der Waals surface area contributed by atoms with Crippen LogP contribution in [0, 0.1) is 0 Å². The number of hydrogen-bond donors (Lipinski definition) is 1. The van der Waals surface area contributed by atoms with Crippen molar-refractivity contribution in [2.45, 2.75) is 0 Å². The fourth-order valence-corrected chi connectivity index (χ4v) is 1.52. The monoisotopic (exact) mass is 252 g/mol. The molecule has 0 bridgehead atoms. The quantitative estimate of drug-likeness (QED) is 0.893. The Morgan fingerprint density at radius 3 is 2.57 bits per heavy atom. The number of anilines is 2. The van der Waals surface area contributed by atoms with Crippen molar-refractivity contribution in [2.24, 2.45) is 7.05 Å². The summed E-state index contributed by atoms with van der Waals surface area (Å²) in [6.45, 7) is 0. The van der Waals surface area contributed by atoms with Crippen molar-refractivity contribution in [2.75, 3.05) is 5.32 Å². The lowest BCUT2D eigenvalue weighted by Gasteiger charge is -2.03. The lowest BCUT2D eigenvalue weighted by atomic mass is 10.3. The summed E-state index contributed by atoms with van der Waals surface area (Å²) in [6.07, 6.45) is 0. The van der Waals surface area contributed by atoms with E-state index in [2.05, 4.69) is 31.3 Å². The molecule has 0 saturated carbocycles. The molecule has 1 N–H and O–H groups in total. The number of nitrogens with one attached hydrogen (secondary N) is 1. The van der Waals surface area contributed by atoms with Crippen LogP contribution in [0.15, 0.2) is 35.1 Å². The van der Waals surface area contributed by atoms with Gasteiger partial charge in [0.1, 0.15) is 0 Å². The third-order valence-electron chi connectivity index (χ3n) is 1.77. The van der Waals surface area contributed by atoms with Gasteiger partial charge >= 0.3 is 0 Å². The van der Waals surface area contributed by atoms with Crippen LogP contribution >= 0.6 is 15.9 Å². The van der Waals surface area contributed by atoms with Crippen LogP contribution in [0.5, 0.6) is 0 Å². The number of aryl methyl sites for hydroxylation is 1. The van der Waals surface area contributed by atoms with Gasteiger partial charge in [-0.25, -0.2) is 4.68 Å². The average Bonchev–Trinajstić information content (AvgIpc) is 2.47. The molecule has 2 aromatic rings. The number of para-hydroxylation sites is 1. The van der Waals surface area contributed by atoms with Crippen LogP contribution in [0.25, 0.3) is 0 Å². The zero-order valence-electron chi connectivity index (χ0n) is 7.61. The molecule has 14 heavy (non-hydrogen) atoms. The summed E-state index contributed by atoms with van der Waals surface area (Å²) in [7, 11) is 1.84. The van der Waals surface area contributed by atoms with Crippen LogP contribution in [0.3, 0.4) is 0 Å². The van der Waals surface area contributed by atoms with E-state index in [9.17, 15) is 0 Å². The fraction of sp³-hybridized carbons (Fsp3) is 0.111. The molecule has 0 aliphatic rings. The van der Waals surface area contributed by atoms with Crippen molar-refractivity contribution < 1.29 is 0 Å². The van der Waals surface area contributed by atoms with Gasteiger partial charge < -0.3 is 5.32 Å². The normalized spacial score (nSPS) is 10.1. The number of aromatic nitrogens is 3. The number of rotatable bonds is 2. The van der Waals surface area contributed by atoms with Crippen LogP contribution in [0.1, 0.15) is 0 Å². The van der Waals surface area contributed by atoms with Crippen LogP contribution in [-0.4, -0.2) is 14.8 Å². The molecule has 0 aliphatic carbocycles. The van der Waals surface area contributed by atoms with E-state index >= 15 is 0 Å². The highest BCUT2D eigenvalue weighted by Crippen LogP contribution is 2.14. The lowest BCUT2D eigenvalue weighted by molar-refractivity contribution is 0.769. The van der Waals surface area contributed by atoms with Gasteiger partial charge in [0.25, 0.3) is 0 Å². The smallest absolute Gasteiger partial charge is 0.226 e. The SMILES string of the molecule is Cn1nc(Br)nc1Nc1ccccc1. The van der Waals surface area contributed by atoms with E-state index in [1.807, 2.05) is 37.4 Å². The molecule has 0 unspecified atom stereocenters. The van der Waals surface area contributed by atoms with E-state index in [-0.39, 0.29) is 0 Å². The number of hydrogen-bond acceptors (Lipinski definition) is 3. The van der Waals surface area contributed by atoms with Gasteiger partial charge in [-0.1, -0.05) is 18.2 Å². The van der Waals surface area contributed by atoms with Crippen molar-refractivity contribution in [1.29, 1.82) is 0 Å². The van der Waals surface area contributed by atoms with E-state index in [0.29, 0.717) is 10.7 Å². The summed E-state index contributed by atoms with van der Waals surface area (Å²) >= 11 is 3.21. The summed E-state index contributed by atoms with van der Waals surface area (Å²) in [4.78, 5) is 4.16. The third-order valence-corrected chi connectivity index (χ3v) is 2.10. The second-order valence-corrected chi connectivity index (χ2v) is 3.53. The van der Waals surface area contributed by atoms with Crippen molar-refractivity contribution in [3.63, 3.8) is 0 Å². The zero-order valence-corrected chi connectivity index (χ0v) is 9.19. The maximum atomic E-state index is 4.16. The van der Waals surface area contributed by atoms with Gasteiger partial charge in [0.15, 0.2) is 0 Å². The van der Waals surface area contributed by atoms with E-state index < -0.39 is 0 Å². The summed E-state index contributed by atoms with van der Waals surface area (Å²) in [5.74, 6) is 0.711. The number of nitrogens with zero attached hydrogens (tertiary/aromatic N) is 3. The van der Waals surface area contributed by atoms with E-state index in [0.717, 1.165) is 5.69 Å². The van der Waals surface area contributed by atoms with Gasteiger partial charge in [-0.2, -0.15) is 4.98 Å². The largest absolute Gasteiger partial charge is 0.324 e. The standard InChI is InChI=1S/C9H9BrN4/c1-14-9(12-8(10)13-14)11-7-5-3-2-4-6-7/h2-6H,1H3,(H,11,12,13). The zero-order chi connectivity index (χ0) is 9.97. The molecule has 0 fully saturated rings. The van der Waals surface area contributed by atoms with Crippen molar-refractivity contribution in [1.82, 2.24) is 14.8 Å². The molecule has 0 aliphatic heterocycles. The number of halogens is 1. The molecule has 0 amide bonds. The second-order valence-electron chi connectivity index (χ2n) is 2.82. The highest BCUT2D eigenvalue weighted by Gasteiger charge is 2.03. The Morgan fingerprint density at radius 1 is 1.29 bits per heavy atom. The summed E-state index contributed by atoms with van der Waals surface area (Å²) < 4.78 is 2.26. The first-order valence-electron chi connectivity index (χ1n) is 4.14. The molecule has 1 aromatic heterocycles. The molecular weight excluding hydrogens is 244 g/mol. The Hall–Kier alpha value is -1.36. The van der Waals surface area contributed by atoms with E-state index in [1.165, 1.54) is 0 Å². The van der Waals surface area contributed by atoms with Gasteiger partial charge in [0.05, 0.1) is 0 Å². The van der Waals surface area contributed by atoms with E-state index in [1.54, 1.807) is 4.68 Å². The summed E-state index contributed by atoms with van der Waals surface area (Å²) in [5, 5.41) is 7.22. The molecule has 5 heteroatoms. The second kappa shape index (κ2) is 3.79. The summed E-state index contributed by atoms with van der Waals surface area (Å²) in [6, 6.07) is 9.85. The third kappa shape index (κ3) is 1.93. The summed E-state index contributed by atoms with van der Waals surface area (Å²) in [5.41, 5.74) is 0.996. The lowest BCUT2D eigenvalue weighted by Crippen LogP contribution is -1.99. The van der Waals surface area contributed by atoms with Crippen LogP contribution in [0.4, 0.5) is 11.6 Å². The van der Waals surface area contributed by atoms with Crippen LogP contribution in [-0.2, 0) is 7.05 Å². The molecule has 0 radical (unpaired) electrons. The minimum absolute atomic E-state index is 0.582. The predicted octanol–water partition coefficient (Wildman–Crippen LogP) is 2.32. The first-order valence-corrected chi connectivity index (χ1v) is 4.93. The van der Waals surface area contributed by atoms with Crippen molar-refractivity contribution >= 4 is 27.6 Å². The Balaban J connectivity index is 2.23. The first kappa shape index (κ1) is 9.21. The first-order chi connectivity index (χ1) is 6.75. The Kier molecular flexibility index (Phi) is 2.49. The van der Waals surface area contributed by atoms with Gasteiger partial charge in [-0.05, 0) is 28.1 Å². The minimum atomic E-state index is 0.582. The highest BCUT2D eigenvalue weighted by atomic mass is 79.9. The van der Waals surface area contributed by atoms with Crippen LogP contribution in [0.2, 0.25) is 0 Å². The van der Waals surface area contributed by atoms with Gasteiger partial charge in [-0.3, -0.25) is 0 Å². The van der Waals surface area contributed by atoms with E-state index in [4.69, 9.17) is 0 Å². The Bertz CT molecular complexity index is 424. The molecule has 2 rings (SSSR count). The van der Waals surface area contributed by atoms with Crippen LogP contribution < -0.4 is 5.32 Å². The fourth-order valence-electron chi connectivity index (χ4n) is 1.11. The molecule has 1 heterocycles. The maximum Gasteiger partial charge on any atom is 0.226 e. The molecule has 0 saturated heterocycles.